The van der Waals surface area contributed by atoms with Gasteiger partial charge in [0.2, 0.25) is 5.91 Å². The zero-order valence-electron chi connectivity index (χ0n) is 13.5. The van der Waals surface area contributed by atoms with Crippen molar-refractivity contribution in [3.63, 3.8) is 0 Å². The molecule has 0 bridgehead atoms. The van der Waals surface area contributed by atoms with E-state index in [1.807, 2.05) is 0 Å². The Hall–Kier alpha value is -2.48. The van der Waals surface area contributed by atoms with E-state index < -0.39 is 34.4 Å². The van der Waals surface area contributed by atoms with Gasteiger partial charge in [-0.15, -0.1) is 0 Å². The highest BCUT2D eigenvalue weighted by Crippen LogP contribution is 2.35. The van der Waals surface area contributed by atoms with E-state index in [-0.39, 0.29) is 12.1 Å². The first kappa shape index (κ1) is 20.8. The quantitative estimate of drug-likeness (QED) is 0.510. The van der Waals surface area contributed by atoms with Crippen LogP contribution in [-0.2, 0) is 23.7 Å². The summed E-state index contributed by atoms with van der Waals surface area (Å²) in [6.45, 7) is -0.170. The molecule has 0 fully saturated rings. The molecule has 2 rings (SSSR count). The monoisotopic (exact) mass is 407 g/mol. The van der Waals surface area contributed by atoms with E-state index in [9.17, 15) is 31.1 Å². The van der Waals surface area contributed by atoms with Crippen molar-refractivity contribution in [1.82, 2.24) is 5.32 Å². The highest BCUT2D eigenvalue weighted by molar-refractivity contribution is 6.31. The van der Waals surface area contributed by atoms with Gasteiger partial charge in [0, 0.05) is 12.6 Å². The lowest BCUT2D eigenvalue weighted by atomic mass is 10.1. The van der Waals surface area contributed by atoms with Gasteiger partial charge >= 0.3 is 12.4 Å². The maximum atomic E-state index is 12.8. The Labute approximate surface area is 155 Å². The number of carbonyl (C=O) groups is 1. The van der Waals surface area contributed by atoms with Crippen LogP contribution in [0.25, 0.3) is 6.08 Å². The number of hydrogen-bond acceptors (Lipinski definition) is 1. The fourth-order valence-corrected chi connectivity index (χ4v) is 2.33. The molecule has 1 amide bonds. The second kappa shape index (κ2) is 8.04. The fourth-order valence-electron chi connectivity index (χ4n) is 2.10. The average Bonchev–Trinajstić information content (AvgIpc) is 2.57. The van der Waals surface area contributed by atoms with Crippen molar-refractivity contribution in [3.8, 4) is 0 Å². The molecule has 2 aromatic rings. The molecular weight excluding hydrogens is 396 g/mol. The average molecular weight is 408 g/mol. The van der Waals surface area contributed by atoms with E-state index >= 15 is 0 Å². The minimum atomic E-state index is -4.61. The van der Waals surface area contributed by atoms with Gasteiger partial charge in [0.05, 0.1) is 16.1 Å². The van der Waals surface area contributed by atoms with E-state index in [4.69, 9.17) is 11.6 Å². The summed E-state index contributed by atoms with van der Waals surface area (Å²) in [5, 5.41) is 1.94. The lowest BCUT2D eigenvalue weighted by molar-refractivity contribution is -0.138. The van der Waals surface area contributed by atoms with Crippen molar-refractivity contribution in [1.29, 1.82) is 0 Å². The normalized spacial score (nSPS) is 12.4. The Balaban J connectivity index is 1.97. The molecule has 27 heavy (non-hydrogen) atoms. The Morgan fingerprint density at radius 2 is 1.59 bits per heavy atom. The van der Waals surface area contributed by atoms with Gasteiger partial charge in [0.15, 0.2) is 0 Å². The lowest BCUT2D eigenvalue weighted by Gasteiger charge is -2.11. The topological polar surface area (TPSA) is 29.1 Å². The third-order valence-corrected chi connectivity index (χ3v) is 3.80. The van der Waals surface area contributed by atoms with Gasteiger partial charge in [0.25, 0.3) is 0 Å². The highest BCUT2D eigenvalue weighted by atomic mass is 35.5. The minimum Gasteiger partial charge on any atom is -0.348 e. The maximum absolute atomic E-state index is 12.8. The molecular formula is C18H12ClF6NO. The molecule has 1 N–H and O–H groups in total. The predicted octanol–water partition coefficient (Wildman–Crippen LogP) is 5.71. The number of rotatable bonds is 4. The van der Waals surface area contributed by atoms with Crippen LogP contribution in [-0.4, -0.2) is 5.91 Å². The number of carbonyl (C=O) groups excluding carboxylic acids is 1. The summed E-state index contributed by atoms with van der Waals surface area (Å²) in [4.78, 5) is 11.7. The fraction of sp³-hybridized carbons (Fsp3) is 0.167. The molecule has 0 unspecified atom stereocenters. The van der Waals surface area contributed by atoms with Gasteiger partial charge < -0.3 is 5.32 Å². The van der Waals surface area contributed by atoms with Crippen molar-refractivity contribution >= 4 is 23.6 Å². The first-order chi connectivity index (χ1) is 12.5. The Kier molecular flexibility index (Phi) is 6.20. The number of benzene rings is 2. The number of amides is 1. The molecule has 0 radical (unpaired) electrons. The molecule has 0 aromatic heterocycles. The molecule has 9 heteroatoms. The number of hydrogen-bond donors (Lipinski definition) is 1. The Morgan fingerprint density at radius 1 is 0.963 bits per heavy atom. The van der Waals surface area contributed by atoms with E-state index in [1.54, 1.807) is 0 Å². The largest absolute Gasteiger partial charge is 0.417 e. The molecule has 2 aromatic carbocycles. The summed E-state index contributed by atoms with van der Waals surface area (Å²) in [6.07, 6.45) is -6.70. The van der Waals surface area contributed by atoms with Gasteiger partial charge in [-0.2, -0.15) is 26.3 Å². The van der Waals surface area contributed by atoms with Crippen LogP contribution in [0.5, 0.6) is 0 Å². The van der Waals surface area contributed by atoms with Gasteiger partial charge in [-0.05, 0) is 41.5 Å². The minimum absolute atomic E-state index is 0.170. The van der Waals surface area contributed by atoms with Gasteiger partial charge in [-0.1, -0.05) is 29.8 Å². The van der Waals surface area contributed by atoms with Gasteiger partial charge in [-0.25, -0.2) is 0 Å². The number of alkyl halides is 6. The van der Waals surface area contributed by atoms with E-state index in [1.165, 1.54) is 24.3 Å². The van der Waals surface area contributed by atoms with Crippen molar-refractivity contribution in [2.24, 2.45) is 0 Å². The van der Waals surface area contributed by atoms with Crippen LogP contribution in [0.1, 0.15) is 22.3 Å². The standard InChI is InChI=1S/C18H12ClF6NO/c19-15-7-3-12(9-14(15)18(23,24)25)10-26-16(27)8-4-11-1-5-13(6-2-11)17(20,21)22/h1-9H,10H2,(H,26,27)/b8-4+. The molecule has 144 valence electrons. The molecule has 0 heterocycles. The second-order valence-corrected chi connectivity index (χ2v) is 5.89. The van der Waals surface area contributed by atoms with Crippen LogP contribution in [0.3, 0.4) is 0 Å². The third-order valence-electron chi connectivity index (χ3n) is 3.47. The van der Waals surface area contributed by atoms with Gasteiger partial charge in [-0.3, -0.25) is 4.79 Å². The van der Waals surface area contributed by atoms with Crippen LogP contribution in [0.4, 0.5) is 26.3 Å². The molecule has 2 nitrogen and oxygen atoms in total. The number of nitrogens with one attached hydrogen (secondary N) is 1. The zero-order chi connectivity index (χ0) is 20.2. The first-order valence-electron chi connectivity index (χ1n) is 7.45. The molecule has 0 aliphatic carbocycles. The van der Waals surface area contributed by atoms with E-state index in [0.29, 0.717) is 5.56 Å². The Morgan fingerprint density at radius 3 is 2.15 bits per heavy atom. The van der Waals surface area contributed by atoms with Crippen molar-refractivity contribution in [3.05, 3.63) is 75.8 Å². The molecule has 0 aliphatic heterocycles. The Bertz CT molecular complexity index is 840. The van der Waals surface area contributed by atoms with Crippen LogP contribution in [0, 0.1) is 0 Å². The smallest absolute Gasteiger partial charge is 0.348 e. The predicted molar refractivity (Wildman–Crippen MR) is 88.8 cm³/mol. The first-order valence-corrected chi connectivity index (χ1v) is 7.83. The van der Waals surface area contributed by atoms with Crippen LogP contribution in [0.2, 0.25) is 5.02 Å². The summed E-state index contributed by atoms with van der Waals surface area (Å²) < 4.78 is 75.7. The van der Waals surface area contributed by atoms with Gasteiger partial charge in [0.1, 0.15) is 0 Å². The summed E-state index contributed by atoms with van der Waals surface area (Å²) in [5.41, 5.74) is -1.25. The molecule has 0 aliphatic rings. The van der Waals surface area contributed by atoms with E-state index in [2.05, 4.69) is 5.32 Å². The maximum Gasteiger partial charge on any atom is 0.417 e. The molecule has 0 atom stereocenters. The molecule has 0 spiro atoms. The molecule has 0 saturated carbocycles. The highest BCUT2D eigenvalue weighted by Gasteiger charge is 2.33. The lowest BCUT2D eigenvalue weighted by Crippen LogP contribution is -2.20. The third kappa shape index (κ3) is 6.02. The second-order valence-electron chi connectivity index (χ2n) is 5.48. The van der Waals surface area contributed by atoms with Crippen molar-refractivity contribution < 1.29 is 31.1 Å². The van der Waals surface area contributed by atoms with Crippen LogP contribution >= 0.6 is 11.6 Å². The summed E-state index contributed by atoms with van der Waals surface area (Å²) in [7, 11) is 0. The zero-order valence-corrected chi connectivity index (χ0v) is 14.2. The molecule has 0 saturated heterocycles. The summed E-state index contributed by atoms with van der Waals surface area (Å²) in [5.74, 6) is -0.613. The van der Waals surface area contributed by atoms with E-state index in [0.717, 1.165) is 30.3 Å². The summed E-state index contributed by atoms with van der Waals surface area (Å²) in [6, 6.07) is 7.42. The van der Waals surface area contributed by atoms with Crippen LogP contribution in [0.15, 0.2) is 48.5 Å². The summed E-state index contributed by atoms with van der Waals surface area (Å²) >= 11 is 5.51. The van der Waals surface area contributed by atoms with Crippen molar-refractivity contribution in [2.45, 2.75) is 18.9 Å². The van der Waals surface area contributed by atoms with Crippen LogP contribution < -0.4 is 5.32 Å². The van der Waals surface area contributed by atoms with Crippen molar-refractivity contribution in [2.75, 3.05) is 0 Å². The SMILES string of the molecule is O=C(/C=C/c1ccc(C(F)(F)F)cc1)NCc1ccc(Cl)c(C(F)(F)F)c1. The number of halogens is 7.